The van der Waals surface area contributed by atoms with Crippen molar-refractivity contribution in [3.8, 4) is 5.75 Å². The van der Waals surface area contributed by atoms with E-state index in [9.17, 15) is 19.5 Å². The van der Waals surface area contributed by atoms with E-state index >= 15 is 0 Å². The van der Waals surface area contributed by atoms with E-state index in [4.69, 9.17) is 0 Å². The lowest BCUT2D eigenvalue weighted by molar-refractivity contribution is 0.0955. The van der Waals surface area contributed by atoms with Crippen LogP contribution < -0.4 is 5.32 Å². The van der Waals surface area contributed by atoms with Crippen molar-refractivity contribution in [3.63, 3.8) is 0 Å². The lowest BCUT2D eigenvalue weighted by Gasteiger charge is -2.14. The molecule has 3 aromatic rings. The number of fused-ring (bicyclic) bond motifs is 1. The third kappa shape index (κ3) is 3.64. The molecule has 142 valence electrons. The number of nitrogens with one attached hydrogen (secondary N) is 1. The van der Waals surface area contributed by atoms with Crippen LogP contribution in [0.25, 0.3) is 10.8 Å². The number of anilines is 1. The zero-order valence-electron chi connectivity index (χ0n) is 15.8. The van der Waals surface area contributed by atoms with Crippen molar-refractivity contribution in [3.05, 3.63) is 71.3 Å². The van der Waals surface area contributed by atoms with Crippen LogP contribution in [0.2, 0.25) is 0 Å². The van der Waals surface area contributed by atoms with Gasteiger partial charge in [-0.25, -0.2) is 0 Å². The van der Waals surface area contributed by atoms with Crippen LogP contribution in [0.4, 0.5) is 5.69 Å². The van der Waals surface area contributed by atoms with Crippen LogP contribution in [-0.4, -0.2) is 22.6 Å². The molecule has 1 amide bonds. The molecule has 0 fully saturated rings. The number of amides is 1. The van der Waals surface area contributed by atoms with E-state index in [1.165, 1.54) is 6.07 Å². The molecule has 5 heteroatoms. The van der Waals surface area contributed by atoms with Crippen molar-refractivity contribution < 1.29 is 19.5 Å². The standard InChI is InChI=1S/C23H21NO4/c1-3-19(25)16-10-7-11-18(22(16)20(26)4-2)24-23(28)17-12-14-8-5-6-9-15(14)13-21(17)27/h5-13,27H,3-4H2,1-2H3,(H,24,28). The summed E-state index contributed by atoms with van der Waals surface area (Å²) in [6, 6.07) is 15.3. The highest BCUT2D eigenvalue weighted by Crippen LogP contribution is 2.28. The monoisotopic (exact) mass is 375 g/mol. The highest BCUT2D eigenvalue weighted by atomic mass is 16.3. The molecule has 0 atom stereocenters. The fraction of sp³-hybridized carbons (Fsp3) is 0.174. The van der Waals surface area contributed by atoms with Crippen LogP contribution in [0.3, 0.4) is 0 Å². The lowest BCUT2D eigenvalue weighted by atomic mass is 9.95. The van der Waals surface area contributed by atoms with Crippen molar-refractivity contribution >= 4 is 33.9 Å². The first kappa shape index (κ1) is 19.3. The molecule has 28 heavy (non-hydrogen) atoms. The molecule has 0 aliphatic heterocycles. The molecule has 3 rings (SSSR count). The molecule has 0 bridgehead atoms. The molecule has 0 aliphatic rings. The Morgan fingerprint density at radius 3 is 2.11 bits per heavy atom. The van der Waals surface area contributed by atoms with Crippen LogP contribution in [-0.2, 0) is 0 Å². The number of benzene rings is 3. The van der Waals surface area contributed by atoms with Gasteiger partial charge in [0.15, 0.2) is 11.6 Å². The summed E-state index contributed by atoms with van der Waals surface area (Å²) in [5, 5.41) is 14.6. The number of hydrogen-bond acceptors (Lipinski definition) is 4. The number of rotatable bonds is 6. The molecule has 0 spiro atoms. The molecule has 2 N–H and O–H groups in total. The second kappa shape index (κ2) is 8.05. The van der Waals surface area contributed by atoms with Crippen LogP contribution in [0, 0.1) is 0 Å². The summed E-state index contributed by atoms with van der Waals surface area (Å²) in [7, 11) is 0. The molecule has 0 heterocycles. The van der Waals surface area contributed by atoms with Gasteiger partial charge in [-0.15, -0.1) is 0 Å². The fourth-order valence-corrected chi connectivity index (χ4v) is 3.16. The fourth-order valence-electron chi connectivity index (χ4n) is 3.16. The summed E-state index contributed by atoms with van der Waals surface area (Å²) in [6.07, 6.45) is 0.463. The number of ketones is 2. The zero-order chi connectivity index (χ0) is 20.3. The second-order valence-electron chi connectivity index (χ2n) is 6.45. The Bertz CT molecular complexity index is 1090. The minimum atomic E-state index is -0.547. The van der Waals surface area contributed by atoms with Gasteiger partial charge in [0.2, 0.25) is 0 Å². The smallest absolute Gasteiger partial charge is 0.259 e. The Hall–Kier alpha value is -3.47. The number of Topliss-reactive ketones (excluding diaryl/α,β-unsaturated/α-hetero) is 2. The minimum absolute atomic E-state index is 0.0980. The maximum Gasteiger partial charge on any atom is 0.259 e. The molecular weight excluding hydrogens is 354 g/mol. The van der Waals surface area contributed by atoms with E-state index in [0.29, 0.717) is 5.56 Å². The zero-order valence-corrected chi connectivity index (χ0v) is 15.8. The van der Waals surface area contributed by atoms with Gasteiger partial charge in [0.25, 0.3) is 5.91 Å². The van der Waals surface area contributed by atoms with Crippen LogP contribution in [0.15, 0.2) is 54.6 Å². The number of aromatic hydroxyl groups is 1. The normalized spacial score (nSPS) is 10.6. The average Bonchev–Trinajstić information content (AvgIpc) is 2.71. The maximum absolute atomic E-state index is 12.8. The molecule has 0 aliphatic carbocycles. The SMILES string of the molecule is CCC(=O)c1cccc(NC(=O)c2cc3ccccc3cc2O)c1C(=O)CC. The van der Waals surface area contributed by atoms with Gasteiger partial charge in [-0.2, -0.15) is 0 Å². The number of carbonyl (C=O) groups excluding carboxylic acids is 3. The summed E-state index contributed by atoms with van der Waals surface area (Å²) < 4.78 is 0. The first-order valence-corrected chi connectivity index (χ1v) is 9.18. The van der Waals surface area contributed by atoms with Crippen molar-refractivity contribution in [2.75, 3.05) is 5.32 Å². The Kier molecular flexibility index (Phi) is 5.54. The lowest BCUT2D eigenvalue weighted by Crippen LogP contribution is -2.17. The topological polar surface area (TPSA) is 83.5 Å². The average molecular weight is 375 g/mol. The van der Waals surface area contributed by atoms with Gasteiger partial charge in [0.05, 0.1) is 16.8 Å². The van der Waals surface area contributed by atoms with Crippen molar-refractivity contribution in [2.45, 2.75) is 26.7 Å². The Morgan fingerprint density at radius 1 is 0.821 bits per heavy atom. The van der Waals surface area contributed by atoms with Gasteiger partial charge >= 0.3 is 0 Å². The molecule has 5 nitrogen and oxygen atoms in total. The Labute approximate surface area is 163 Å². The highest BCUT2D eigenvalue weighted by Gasteiger charge is 2.21. The van der Waals surface area contributed by atoms with Crippen molar-refractivity contribution in [1.82, 2.24) is 0 Å². The number of phenols is 1. The first-order valence-electron chi connectivity index (χ1n) is 9.18. The third-order valence-corrected chi connectivity index (χ3v) is 4.64. The summed E-state index contributed by atoms with van der Waals surface area (Å²) >= 11 is 0. The van der Waals surface area contributed by atoms with Gasteiger partial charge in [0, 0.05) is 18.4 Å². The molecule has 0 unspecified atom stereocenters. The predicted molar refractivity (Wildman–Crippen MR) is 109 cm³/mol. The van der Waals surface area contributed by atoms with Gasteiger partial charge in [-0.1, -0.05) is 50.2 Å². The van der Waals surface area contributed by atoms with Crippen LogP contribution >= 0.6 is 0 Å². The van der Waals surface area contributed by atoms with E-state index in [1.807, 2.05) is 24.3 Å². The van der Waals surface area contributed by atoms with E-state index in [2.05, 4.69) is 5.32 Å². The van der Waals surface area contributed by atoms with Crippen molar-refractivity contribution in [1.29, 1.82) is 0 Å². The first-order chi connectivity index (χ1) is 13.5. The summed E-state index contributed by atoms with van der Waals surface area (Å²) in [4.78, 5) is 37.6. The van der Waals surface area contributed by atoms with Crippen molar-refractivity contribution in [2.24, 2.45) is 0 Å². The molecule has 0 radical (unpaired) electrons. The van der Waals surface area contributed by atoms with Crippen LogP contribution in [0.5, 0.6) is 5.75 Å². The van der Waals surface area contributed by atoms with E-state index in [0.717, 1.165) is 10.8 Å². The molecular formula is C23H21NO4. The third-order valence-electron chi connectivity index (χ3n) is 4.64. The van der Waals surface area contributed by atoms with Gasteiger partial charge in [-0.3, -0.25) is 14.4 Å². The molecule has 0 saturated heterocycles. The summed E-state index contributed by atoms with van der Waals surface area (Å²) in [6.45, 7) is 3.43. The molecule has 3 aromatic carbocycles. The van der Waals surface area contributed by atoms with E-state index < -0.39 is 5.91 Å². The quantitative estimate of drug-likeness (QED) is 0.595. The largest absolute Gasteiger partial charge is 0.507 e. The van der Waals surface area contributed by atoms with Gasteiger partial charge in [0.1, 0.15) is 5.75 Å². The summed E-state index contributed by atoms with van der Waals surface area (Å²) in [5.41, 5.74) is 0.880. The maximum atomic E-state index is 12.8. The van der Waals surface area contributed by atoms with Gasteiger partial charge < -0.3 is 10.4 Å². The van der Waals surface area contributed by atoms with Crippen LogP contribution in [0.1, 0.15) is 57.8 Å². The molecule has 0 aromatic heterocycles. The minimum Gasteiger partial charge on any atom is -0.507 e. The van der Waals surface area contributed by atoms with E-state index in [1.54, 1.807) is 38.1 Å². The van der Waals surface area contributed by atoms with Gasteiger partial charge in [-0.05, 0) is 29.0 Å². The Balaban J connectivity index is 2.04. The highest BCUT2D eigenvalue weighted by molar-refractivity contribution is 6.16. The number of hydrogen-bond donors (Lipinski definition) is 2. The second-order valence-corrected chi connectivity index (χ2v) is 6.45. The Morgan fingerprint density at radius 2 is 1.46 bits per heavy atom. The number of phenolic OH excluding ortho intramolecular Hbond substituents is 1. The molecule has 0 saturated carbocycles. The predicted octanol–water partition coefficient (Wildman–Crippen LogP) is 4.98. The summed E-state index contributed by atoms with van der Waals surface area (Å²) in [5.74, 6) is -1.09. The number of carbonyl (C=O) groups is 3. The van der Waals surface area contributed by atoms with E-state index in [-0.39, 0.29) is 47.0 Å².